The number of aryl methyl sites for hydroxylation is 1. The molecule has 0 bridgehead atoms. The van der Waals surface area contributed by atoms with E-state index >= 15 is 0 Å². The van der Waals surface area contributed by atoms with Crippen LogP contribution in [0.5, 0.6) is 0 Å². The van der Waals surface area contributed by atoms with Crippen molar-refractivity contribution < 1.29 is 0 Å². The van der Waals surface area contributed by atoms with Gasteiger partial charge in [-0.3, -0.25) is 0 Å². The van der Waals surface area contributed by atoms with Crippen LogP contribution in [0.2, 0.25) is 0 Å². The van der Waals surface area contributed by atoms with Gasteiger partial charge in [0.2, 0.25) is 0 Å². The second-order valence-electron chi connectivity index (χ2n) is 4.97. The number of imidazole rings is 1. The van der Waals surface area contributed by atoms with E-state index < -0.39 is 0 Å². The van der Waals surface area contributed by atoms with Gasteiger partial charge in [0.25, 0.3) is 0 Å². The summed E-state index contributed by atoms with van der Waals surface area (Å²) in [7, 11) is 0. The molecule has 1 aliphatic rings. The minimum absolute atomic E-state index is 0.0896. The van der Waals surface area contributed by atoms with E-state index in [4.69, 9.17) is 4.98 Å². The Labute approximate surface area is 128 Å². The molecule has 0 spiro atoms. The van der Waals surface area contributed by atoms with E-state index in [9.17, 15) is 0 Å². The van der Waals surface area contributed by atoms with E-state index in [0.29, 0.717) is 0 Å². The Morgan fingerprint density at radius 3 is 3.00 bits per heavy atom. The van der Waals surface area contributed by atoms with Crippen LogP contribution in [-0.2, 0) is 6.42 Å². The lowest BCUT2D eigenvalue weighted by Crippen LogP contribution is -2.26. The fourth-order valence-corrected chi connectivity index (χ4v) is 3.15. The van der Waals surface area contributed by atoms with Gasteiger partial charge in [0.15, 0.2) is 10.8 Å². The summed E-state index contributed by atoms with van der Waals surface area (Å²) in [6.45, 7) is 6.20. The van der Waals surface area contributed by atoms with E-state index in [-0.39, 0.29) is 6.04 Å². The first kappa shape index (κ1) is 14.0. The Bertz CT molecular complexity index is 694. The van der Waals surface area contributed by atoms with E-state index in [0.717, 1.165) is 34.3 Å². The number of aromatic amines is 1. The Morgan fingerprint density at radius 1 is 1.43 bits per heavy atom. The molecule has 0 radical (unpaired) electrons. The molecule has 3 heterocycles. The summed E-state index contributed by atoms with van der Waals surface area (Å²) in [5, 5.41) is 3.01. The van der Waals surface area contributed by atoms with Gasteiger partial charge in [-0.2, -0.15) is 0 Å². The van der Waals surface area contributed by atoms with Gasteiger partial charge in [0.05, 0.1) is 11.7 Å². The van der Waals surface area contributed by atoms with Crippen molar-refractivity contribution in [2.45, 2.75) is 33.2 Å². The van der Waals surface area contributed by atoms with Gasteiger partial charge < -0.3 is 10.4 Å². The maximum Gasteiger partial charge on any atom is 0.166 e. The molecular formula is C15H19N5S. The first-order valence-electron chi connectivity index (χ1n) is 7.07. The molecule has 0 saturated heterocycles. The molecule has 0 saturated carbocycles. The molecule has 3 N–H and O–H groups in total. The van der Waals surface area contributed by atoms with Crippen LogP contribution in [-0.4, -0.2) is 15.0 Å². The zero-order valence-corrected chi connectivity index (χ0v) is 13.2. The van der Waals surface area contributed by atoms with Crippen LogP contribution in [0.15, 0.2) is 35.0 Å². The van der Waals surface area contributed by atoms with Gasteiger partial charge in [0.1, 0.15) is 0 Å². The highest BCUT2D eigenvalue weighted by atomic mass is 32.1. The topological polar surface area (TPSA) is 65.6 Å². The third kappa shape index (κ3) is 2.64. The molecule has 0 amide bonds. The molecular weight excluding hydrogens is 282 g/mol. The van der Waals surface area contributed by atoms with Crippen LogP contribution >= 0.6 is 11.3 Å². The lowest BCUT2D eigenvalue weighted by atomic mass is 10.0. The molecule has 0 aliphatic carbocycles. The van der Waals surface area contributed by atoms with Gasteiger partial charge in [-0.1, -0.05) is 19.1 Å². The van der Waals surface area contributed by atoms with Gasteiger partial charge >= 0.3 is 0 Å². The van der Waals surface area contributed by atoms with E-state index in [2.05, 4.69) is 46.1 Å². The van der Waals surface area contributed by atoms with Crippen molar-refractivity contribution in [2.24, 2.45) is 0 Å². The number of nitrogens with one attached hydrogen (secondary N) is 3. The summed E-state index contributed by atoms with van der Waals surface area (Å²) in [5.41, 5.74) is 11.0. The Balaban J connectivity index is 1.88. The number of hydrazine groups is 1. The van der Waals surface area contributed by atoms with Crippen molar-refractivity contribution in [3.63, 3.8) is 0 Å². The number of thiazole rings is 1. The predicted octanol–water partition coefficient (Wildman–Crippen LogP) is 3.09. The van der Waals surface area contributed by atoms with Gasteiger partial charge in [-0.25, -0.2) is 15.4 Å². The number of nitrogens with zero attached hydrogens (tertiary/aromatic N) is 2. The molecule has 2 aromatic heterocycles. The lowest BCUT2D eigenvalue weighted by molar-refractivity contribution is 0.582. The quantitative estimate of drug-likeness (QED) is 0.812. The molecule has 0 aromatic carbocycles. The molecule has 0 fully saturated rings. The highest BCUT2D eigenvalue weighted by Crippen LogP contribution is 2.31. The molecule has 3 rings (SSSR count). The summed E-state index contributed by atoms with van der Waals surface area (Å²) in [6, 6.07) is 0.0896. The SMILES string of the molecule is C/C=C\C1=C(C)NNC1c1csc(-c2ncc(CC)[nH]2)n1. The first-order chi connectivity index (χ1) is 10.2. The average Bonchev–Trinajstić information content (AvgIpc) is 3.19. The standard InChI is InChI=1S/C15H19N5S/c1-4-6-11-9(3)19-20-13(11)12-8-21-15(18-12)14-16-7-10(5-2)17-14/h4,6-8,13,19-20H,5H2,1-3H3,(H,16,17)/b6-4-. The molecule has 110 valence electrons. The number of H-pyrrole nitrogens is 1. The van der Waals surface area contributed by atoms with Crippen LogP contribution in [0.4, 0.5) is 0 Å². The highest BCUT2D eigenvalue weighted by molar-refractivity contribution is 7.13. The lowest BCUT2D eigenvalue weighted by Gasteiger charge is -2.08. The molecule has 6 heteroatoms. The number of allylic oxidation sites excluding steroid dienone is 2. The highest BCUT2D eigenvalue weighted by Gasteiger charge is 2.25. The van der Waals surface area contributed by atoms with Crippen molar-refractivity contribution in [2.75, 3.05) is 0 Å². The zero-order valence-electron chi connectivity index (χ0n) is 12.4. The second kappa shape index (κ2) is 5.83. The Hall–Kier alpha value is -1.92. The molecule has 1 atom stereocenters. The van der Waals surface area contributed by atoms with E-state index in [1.54, 1.807) is 11.3 Å². The summed E-state index contributed by atoms with van der Waals surface area (Å²) < 4.78 is 0. The Morgan fingerprint density at radius 2 is 2.29 bits per heavy atom. The molecule has 1 unspecified atom stereocenters. The molecule has 5 nitrogen and oxygen atoms in total. The van der Waals surface area contributed by atoms with Crippen LogP contribution in [0, 0.1) is 0 Å². The smallest absolute Gasteiger partial charge is 0.166 e. The normalized spacial score (nSPS) is 18.7. The first-order valence-corrected chi connectivity index (χ1v) is 7.95. The maximum absolute atomic E-state index is 4.73. The van der Waals surface area contributed by atoms with Crippen molar-refractivity contribution in [1.82, 2.24) is 25.8 Å². The molecule has 1 aliphatic heterocycles. The van der Waals surface area contributed by atoms with Crippen LogP contribution in [0.3, 0.4) is 0 Å². The van der Waals surface area contributed by atoms with Gasteiger partial charge in [0, 0.05) is 23.0 Å². The number of hydrogen-bond acceptors (Lipinski definition) is 5. The van der Waals surface area contributed by atoms with Gasteiger partial charge in [-0.05, 0) is 25.8 Å². The van der Waals surface area contributed by atoms with Gasteiger partial charge in [-0.15, -0.1) is 11.3 Å². The van der Waals surface area contributed by atoms with Crippen LogP contribution in [0.25, 0.3) is 10.8 Å². The summed E-state index contributed by atoms with van der Waals surface area (Å²) >= 11 is 1.62. The number of rotatable bonds is 4. The summed E-state index contributed by atoms with van der Waals surface area (Å²) in [4.78, 5) is 12.4. The largest absolute Gasteiger partial charge is 0.340 e. The van der Waals surface area contributed by atoms with Crippen molar-refractivity contribution in [3.8, 4) is 10.8 Å². The fourth-order valence-electron chi connectivity index (χ4n) is 2.36. The molecule has 2 aromatic rings. The number of hydrogen-bond donors (Lipinski definition) is 3. The second-order valence-corrected chi connectivity index (χ2v) is 5.83. The van der Waals surface area contributed by atoms with Crippen molar-refractivity contribution in [1.29, 1.82) is 0 Å². The summed E-state index contributed by atoms with van der Waals surface area (Å²) in [6.07, 6.45) is 7.00. The molecule has 21 heavy (non-hydrogen) atoms. The van der Waals surface area contributed by atoms with Crippen molar-refractivity contribution >= 4 is 11.3 Å². The van der Waals surface area contributed by atoms with E-state index in [1.165, 1.54) is 5.57 Å². The van der Waals surface area contributed by atoms with E-state index in [1.807, 2.05) is 19.2 Å². The third-order valence-corrected chi connectivity index (χ3v) is 4.39. The third-order valence-electron chi connectivity index (χ3n) is 3.52. The summed E-state index contributed by atoms with van der Waals surface area (Å²) in [5.74, 6) is 0.849. The monoisotopic (exact) mass is 301 g/mol. The fraction of sp³-hybridized carbons (Fsp3) is 0.333. The predicted molar refractivity (Wildman–Crippen MR) is 85.6 cm³/mol. The van der Waals surface area contributed by atoms with Crippen LogP contribution < -0.4 is 10.9 Å². The van der Waals surface area contributed by atoms with Crippen LogP contribution in [0.1, 0.15) is 38.2 Å². The Kier molecular flexibility index (Phi) is 3.90. The average molecular weight is 301 g/mol. The van der Waals surface area contributed by atoms with Crippen molar-refractivity contribution in [3.05, 3.63) is 46.4 Å². The minimum atomic E-state index is 0.0896. The maximum atomic E-state index is 4.73. The minimum Gasteiger partial charge on any atom is -0.340 e. The zero-order chi connectivity index (χ0) is 14.8. The number of aromatic nitrogens is 3.